The van der Waals surface area contributed by atoms with E-state index in [2.05, 4.69) is 14.7 Å². The first-order valence-electron chi connectivity index (χ1n) is 10.6. The van der Waals surface area contributed by atoms with E-state index in [4.69, 9.17) is 14.2 Å². The molecule has 0 unspecified atom stereocenters. The molecule has 1 amide bonds. The monoisotopic (exact) mass is 528 g/mol. The van der Waals surface area contributed by atoms with E-state index in [0.717, 1.165) is 17.6 Å². The van der Waals surface area contributed by atoms with Gasteiger partial charge in [-0.2, -0.15) is 14.6 Å². The number of ether oxygens (including phenoxy) is 3. The Balaban J connectivity index is 1.64. The van der Waals surface area contributed by atoms with Crippen LogP contribution in [0.15, 0.2) is 47.1 Å². The molecule has 0 aliphatic heterocycles. The highest BCUT2D eigenvalue weighted by molar-refractivity contribution is 7.90. The summed E-state index contributed by atoms with van der Waals surface area (Å²) < 4.78 is 43.6. The van der Waals surface area contributed by atoms with E-state index in [1.54, 1.807) is 18.2 Å². The van der Waals surface area contributed by atoms with Gasteiger partial charge in [0.15, 0.2) is 11.5 Å². The Bertz CT molecular complexity index is 1440. The van der Waals surface area contributed by atoms with Gasteiger partial charge in [-0.1, -0.05) is 12.1 Å². The molecular formula is C24H24N4O6S2. The second-order valence-corrected chi connectivity index (χ2v) is 10.3. The summed E-state index contributed by atoms with van der Waals surface area (Å²) >= 11 is 0.700. The van der Waals surface area contributed by atoms with Gasteiger partial charge in [0.1, 0.15) is 30.6 Å². The Hall–Kier alpha value is -3.95. The van der Waals surface area contributed by atoms with Crippen molar-refractivity contribution < 1.29 is 27.4 Å². The van der Waals surface area contributed by atoms with E-state index in [1.807, 2.05) is 38.1 Å². The van der Waals surface area contributed by atoms with Crippen LogP contribution in [0.25, 0.3) is 6.08 Å². The number of sulfone groups is 1. The van der Waals surface area contributed by atoms with Gasteiger partial charge in [0.2, 0.25) is 15.0 Å². The topological polar surface area (TPSA) is 140 Å². The molecule has 1 N–H and O–H groups in total. The zero-order valence-corrected chi connectivity index (χ0v) is 21.7. The van der Waals surface area contributed by atoms with Crippen LogP contribution in [-0.2, 0) is 14.6 Å². The van der Waals surface area contributed by atoms with Gasteiger partial charge in [-0.05, 0) is 60.9 Å². The van der Waals surface area contributed by atoms with E-state index in [-0.39, 0.29) is 17.3 Å². The predicted molar refractivity (Wildman–Crippen MR) is 135 cm³/mol. The molecule has 2 aromatic carbocycles. The molecule has 188 valence electrons. The highest BCUT2D eigenvalue weighted by Crippen LogP contribution is 2.29. The van der Waals surface area contributed by atoms with Gasteiger partial charge in [-0.15, -0.1) is 0 Å². The number of nitriles is 1. The molecule has 0 saturated carbocycles. The molecule has 0 saturated heterocycles. The molecule has 0 atom stereocenters. The van der Waals surface area contributed by atoms with Crippen molar-refractivity contribution in [1.29, 1.82) is 5.26 Å². The second-order valence-electron chi connectivity index (χ2n) is 7.63. The van der Waals surface area contributed by atoms with Crippen LogP contribution < -0.4 is 19.5 Å². The minimum absolute atomic E-state index is 0.0362. The van der Waals surface area contributed by atoms with Crippen molar-refractivity contribution in [1.82, 2.24) is 9.36 Å². The number of carbonyl (C=O) groups is 1. The first-order chi connectivity index (χ1) is 17.1. The highest BCUT2D eigenvalue weighted by atomic mass is 32.2. The number of nitrogens with one attached hydrogen (secondary N) is 1. The fraction of sp³-hybridized carbons (Fsp3) is 0.250. The third kappa shape index (κ3) is 7.03. The molecule has 1 heterocycles. The van der Waals surface area contributed by atoms with E-state index >= 15 is 0 Å². The lowest BCUT2D eigenvalue weighted by molar-refractivity contribution is -0.112. The van der Waals surface area contributed by atoms with Crippen molar-refractivity contribution in [2.75, 3.05) is 31.9 Å². The fourth-order valence-electron chi connectivity index (χ4n) is 2.90. The van der Waals surface area contributed by atoms with E-state index < -0.39 is 20.9 Å². The summed E-state index contributed by atoms with van der Waals surface area (Å²) in [4.78, 5) is 16.2. The number of hydrogen-bond acceptors (Lipinski definition) is 10. The van der Waals surface area contributed by atoms with Crippen LogP contribution in [0.4, 0.5) is 5.13 Å². The minimum Gasteiger partial charge on any atom is -0.493 e. The maximum Gasteiger partial charge on any atom is 0.268 e. The maximum atomic E-state index is 12.5. The van der Waals surface area contributed by atoms with E-state index in [9.17, 15) is 18.5 Å². The molecule has 3 rings (SSSR count). The fourth-order valence-corrected chi connectivity index (χ4v) is 4.34. The highest BCUT2D eigenvalue weighted by Gasteiger charge is 2.17. The van der Waals surface area contributed by atoms with E-state index in [1.165, 1.54) is 18.7 Å². The lowest BCUT2D eigenvalue weighted by atomic mass is 10.1. The normalized spacial score (nSPS) is 11.5. The van der Waals surface area contributed by atoms with Gasteiger partial charge in [-0.3, -0.25) is 10.1 Å². The molecule has 1 aromatic heterocycles. The third-order valence-corrected chi connectivity index (χ3v) is 6.50. The summed E-state index contributed by atoms with van der Waals surface area (Å²) in [6.07, 6.45) is 2.32. The molecule has 0 aliphatic carbocycles. The standard InChI is InChI=1S/C24H24N4O6S2/c1-15-5-7-19(11-16(15)2)33-9-10-34-20-8-6-17(13-21(20)32-3)12-18(14-25)22(29)26-23-27-24(28-35-23)36(4,30)31/h5-8,11-13H,9-10H2,1-4H3,(H,26,27,28,29). The average molecular weight is 529 g/mol. The number of anilines is 1. The lowest BCUT2D eigenvalue weighted by Gasteiger charge is -2.13. The summed E-state index contributed by atoms with van der Waals surface area (Å²) in [6, 6.07) is 12.6. The largest absolute Gasteiger partial charge is 0.493 e. The number of rotatable bonds is 10. The Morgan fingerprint density at radius 2 is 1.86 bits per heavy atom. The molecule has 3 aromatic rings. The van der Waals surface area contributed by atoms with Crippen molar-refractivity contribution in [3.8, 4) is 23.3 Å². The van der Waals surface area contributed by atoms with E-state index in [0.29, 0.717) is 35.2 Å². The second kappa shape index (κ2) is 11.7. The lowest BCUT2D eigenvalue weighted by Crippen LogP contribution is -2.13. The van der Waals surface area contributed by atoms with Gasteiger partial charge in [0, 0.05) is 17.8 Å². The van der Waals surface area contributed by atoms with Gasteiger partial charge in [-0.25, -0.2) is 8.42 Å². The van der Waals surface area contributed by atoms with Crippen LogP contribution in [-0.4, -0.2) is 50.3 Å². The molecule has 12 heteroatoms. The Morgan fingerprint density at radius 1 is 1.11 bits per heavy atom. The van der Waals surface area contributed by atoms with Crippen LogP contribution in [0.3, 0.4) is 0 Å². The SMILES string of the molecule is COc1cc(C=C(C#N)C(=O)Nc2nc(S(C)(=O)=O)ns2)ccc1OCCOc1ccc(C)c(C)c1. The maximum absolute atomic E-state index is 12.5. The van der Waals surface area contributed by atoms with Crippen molar-refractivity contribution >= 4 is 38.5 Å². The van der Waals surface area contributed by atoms with Crippen molar-refractivity contribution in [2.45, 2.75) is 19.0 Å². The molecule has 0 fully saturated rings. The van der Waals surface area contributed by atoms with Crippen LogP contribution in [0.2, 0.25) is 0 Å². The number of carbonyl (C=O) groups excluding carboxylic acids is 1. The van der Waals surface area contributed by atoms with Crippen LogP contribution in [0.1, 0.15) is 16.7 Å². The Morgan fingerprint density at radius 3 is 2.50 bits per heavy atom. The third-order valence-electron chi connectivity index (χ3n) is 4.91. The molecule has 36 heavy (non-hydrogen) atoms. The zero-order valence-electron chi connectivity index (χ0n) is 20.1. The van der Waals surface area contributed by atoms with Crippen LogP contribution >= 0.6 is 11.5 Å². The van der Waals surface area contributed by atoms with Crippen LogP contribution in [0.5, 0.6) is 17.2 Å². The van der Waals surface area contributed by atoms with Gasteiger partial charge in [0.25, 0.3) is 11.1 Å². The summed E-state index contributed by atoms with van der Waals surface area (Å²) in [5.41, 5.74) is 2.64. The molecule has 0 aliphatic rings. The molecule has 10 nitrogen and oxygen atoms in total. The Kier molecular flexibility index (Phi) is 8.63. The van der Waals surface area contributed by atoms with Crippen molar-refractivity contribution in [2.24, 2.45) is 0 Å². The van der Waals surface area contributed by atoms with Crippen LogP contribution in [0, 0.1) is 25.2 Å². The van der Waals surface area contributed by atoms with Crippen molar-refractivity contribution in [3.63, 3.8) is 0 Å². The molecule has 0 spiro atoms. The summed E-state index contributed by atoms with van der Waals surface area (Å²) in [5.74, 6) is 0.895. The number of amides is 1. The minimum atomic E-state index is -3.61. The number of aromatic nitrogens is 2. The first-order valence-corrected chi connectivity index (χ1v) is 13.2. The predicted octanol–water partition coefficient (Wildman–Crippen LogP) is 3.57. The number of nitrogens with zero attached hydrogens (tertiary/aromatic N) is 3. The summed E-state index contributed by atoms with van der Waals surface area (Å²) in [6.45, 7) is 4.67. The summed E-state index contributed by atoms with van der Waals surface area (Å²) in [7, 11) is -2.13. The quantitative estimate of drug-likeness (QED) is 0.237. The van der Waals surface area contributed by atoms with Gasteiger partial charge >= 0.3 is 0 Å². The molecular weight excluding hydrogens is 504 g/mol. The number of methoxy groups -OCH3 is 1. The number of benzene rings is 2. The average Bonchev–Trinajstić information content (AvgIpc) is 3.32. The smallest absolute Gasteiger partial charge is 0.268 e. The van der Waals surface area contributed by atoms with Crippen molar-refractivity contribution in [3.05, 3.63) is 58.7 Å². The number of hydrogen-bond donors (Lipinski definition) is 1. The number of aryl methyl sites for hydroxylation is 2. The summed E-state index contributed by atoms with van der Waals surface area (Å²) in [5, 5.41) is 11.4. The van der Waals surface area contributed by atoms with Gasteiger partial charge < -0.3 is 14.2 Å². The first kappa shape index (κ1) is 26.7. The Labute approximate surface area is 213 Å². The molecule has 0 radical (unpaired) electrons. The zero-order chi connectivity index (χ0) is 26.3. The van der Waals surface area contributed by atoms with Gasteiger partial charge in [0.05, 0.1) is 7.11 Å². The molecule has 0 bridgehead atoms.